The summed E-state index contributed by atoms with van der Waals surface area (Å²) in [6.45, 7) is 9.42. The predicted molar refractivity (Wildman–Crippen MR) is 85.5 cm³/mol. The molecule has 2 N–H and O–H groups in total. The first kappa shape index (κ1) is 16.5. The zero-order chi connectivity index (χ0) is 14.8. The molecule has 0 aliphatic rings. The number of nitrogens with zero attached hydrogens (tertiary/aromatic N) is 1. The molecule has 0 heterocycles. The van der Waals surface area contributed by atoms with Crippen molar-refractivity contribution in [2.75, 3.05) is 33.4 Å². The van der Waals surface area contributed by atoms with Crippen molar-refractivity contribution >= 4 is 5.96 Å². The first-order chi connectivity index (χ1) is 9.67. The summed E-state index contributed by atoms with van der Waals surface area (Å²) < 4.78 is 5.01. The molecular weight excluding hydrogens is 250 g/mol. The van der Waals surface area contributed by atoms with E-state index in [0.29, 0.717) is 13.2 Å². The third kappa shape index (κ3) is 6.06. The summed E-state index contributed by atoms with van der Waals surface area (Å²) in [5.74, 6) is 0.856. The van der Waals surface area contributed by atoms with Gasteiger partial charge in [0.1, 0.15) is 0 Å². The fourth-order valence-electron chi connectivity index (χ4n) is 2.03. The topological polar surface area (TPSA) is 45.7 Å². The quantitative estimate of drug-likeness (QED) is 0.455. The molecule has 0 saturated carbocycles. The number of aryl methyl sites for hydroxylation is 2. The van der Waals surface area contributed by atoms with Gasteiger partial charge >= 0.3 is 0 Å². The Hall–Kier alpha value is -1.55. The SMILES string of the molecule is CCNC(=NCCOC)NCCc1ccc(C)cc1C. The van der Waals surface area contributed by atoms with Gasteiger partial charge in [-0.25, -0.2) is 0 Å². The zero-order valence-corrected chi connectivity index (χ0v) is 13.1. The molecule has 0 radical (unpaired) electrons. The van der Waals surface area contributed by atoms with Gasteiger partial charge in [0.05, 0.1) is 13.2 Å². The lowest BCUT2D eigenvalue weighted by Crippen LogP contribution is -2.38. The lowest BCUT2D eigenvalue weighted by molar-refractivity contribution is 0.208. The van der Waals surface area contributed by atoms with Crippen molar-refractivity contribution in [3.8, 4) is 0 Å². The van der Waals surface area contributed by atoms with Gasteiger partial charge in [-0.3, -0.25) is 4.99 Å². The maximum absolute atomic E-state index is 5.01. The van der Waals surface area contributed by atoms with Crippen LogP contribution in [0.2, 0.25) is 0 Å². The molecule has 4 heteroatoms. The predicted octanol–water partition coefficient (Wildman–Crippen LogP) is 2.05. The third-order valence-corrected chi connectivity index (χ3v) is 3.09. The maximum atomic E-state index is 5.01. The number of rotatable bonds is 7. The highest BCUT2D eigenvalue weighted by atomic mass is 16.5. The molecule has 112 valence electrons. The van der Waals surface area contributed by atoms with Crippen molar-refractivity contribution < 1.29 is 4.74 Å². The van der Waals surface area contributed by atoms with Crippen molar-refractivity contribution in [3.63, 3.8) is 0 Å². The molecule has 0 bridgehead atoms. The van der Waals surface area contributed by atoms with E-state index < -0.39 is 0 Å². The smallest absolute Gasteiger partial charge is 0.191 e. The number of nitrogens with one attached hydrogen (secondary N) is 2. The molecule has 0 fully saturated rings. The Labute approximate surface area is 122 Å². The van der Waals surface area contributed by atoms with Crippen LogP contribution in [0, 0.1) is 13.8 Å². The van der Waals surface area contributed by atoms with Crippen LogP contribution in [-0.4, -0.2) is 39.3 Å². The van der Waals surface area contributed by atoms with Crippen LogP contribution in [0.4, 0.5) is 0 Å². The molecule has 0 atom stereocenters. The van der Waals surface area contributed by atoms with Gasteiger partial charge in [-0.1, -0.05) is 23.8 Å². The summed E-state index contributed by atoms with van der Waals surface area (Å²) in [6, 6.07) is 6.61. The maximum Gasteiger partial charge on any atom is 0.191 e. The first-order valence-electron chi connectivity index (χ1n) is 7.24. The summed E-state index contributed by atoms with van der Waals surface area (Å²) in [5.41, 5.74) is 4.05. The number of ether oxygens (including phenoxy) is 1. The molecule has 0 unspecified atom stereocenters. The Bertz CT molecular complexity index is 430. The van der Waals surface area contributed by atoms with Gasteiger partial charge in [0.2, 0.25) is 0 Å². The highest BCUT2D eigenvalue weighted by molar-refractivity contribution is 5.79. The number of benzene rings is 1. The van der Waals surface area contributed by atoms with Crippen LogP contribution >= 0.6 is 0 Å². The molecule has 0 aromatic heterocycles. The second kappa shape index (κ2) is 9.37. The molecule has 1 rings (SSSR count). The van der Waals surface area contributed by atoms with Crippen molar-refractivity contribution in [1.82, 2.24) is 10.6 Å². The summed E-state index contributed by atoms with van der Waals surface area (Å²) >= 11 is 0. The molecule has 1 aromatic carbocycles. The van der Waals surface area contributed by atoms with E-state index in [-0.39, 0.29) is 0 Å². The van der Waals surface area contributed by atoms with Gasteiger partial charge in [0, 0.05) is 20.2 Å². The third-order valence-electron chi connectivity index (χ3n) is 3.09. The van der Waals surface area contributed by atoms with Gasteiger partial charge < -0.3 is 15.4 Å². The Morgan fingerprint density at radius 2 is 2.05 bits per heavy atom. The number of hydrogen-bond donors (Lipinski definition) is 2. The van der Waals surface area contributed by atoms with Crippen LogP contribution in [-0.2, 0) is 11.2 Å². The summed E-state index contributed by atoms with van der Waals surface area (Å²) in [5, 5.41) is 6.59. The van der Waals surface area contributed by atoms with Crippen LogP contribution in [0.15, 0.2) is 23.2 Å². The van der Waals surface area contributed by atoms with Crippen molar-refractivity contribution in [1.29, 1.82) is 0 Å². The van der Waals surface area contributed by atoms with E-state index in [2.05, 4.69) is 54.6 Å². The Kier molecular flexibility index (Phi) is 7.73. The molecule has 0 spiro atoms. The number of hydrogen-bond acceptors (Lipinski definition) is 2. The highest BCUT2D eigenvalue weighted by Crippen LogP contribution is 2.10. The van der Waals surface area contributed by atoms with Crippen molar-refractivity contribution in [2.45, 2.75) is 27.2 Å². The Balaban J connectivity index is 2.45. The fraction of sp³-hybridized carbons (Fsp3) is 0.562. The van der Waals surface area contributed by atoms with E-state index in [1.807, 2.05) is 0 Å². The molecule has 20 heavy (non-hydrogen) atoms. The van der Waals surface area contributed by atoms with E-state index in [1.54, 1.807) is 7.11 Å². The number of methoxy groups -OCH3 is 1. The van der Waals surface area contributed by atoms with Gasteiger partial charge in [-0.2, -0.15) is 0 Å². The highest BCUT2D eigenvalue weighted by Gasteiger charge is 2.00. The van der Waals surface area contributed by atoms with Crippen LogP contribution in [0.25, 0.3) is 0 Å². The van der Waals surface area contributed by atoms with Gasteiger partial charge in [-0.15, -0.1) is 0 Å². The van der Waals surface area contributed by atoms with Crippen LogP contribution in [0.1, 0.15) is 23.6 Å². The second-order valence-corrected chi connectivity index (χ2v) is 4.86. The molecule has 0 aliphatic heterocycles. The van der Waals surface area contributed by atoms with E-state index in [9.17, 15) is 0 Å². The Morgan fingerprint density at radius 3 is 2.70 bits per heavy atom. The minimum atomic E-state index is 0.646. The average Bonchev–Trinajstić information content (AvgIpc) is 2.41. The van der Waals surface area contributed by atoms with Crippen LogP contribution < -0.4 is 10.6 Å². The second-order valence-electron chi connectivity index (χ2n) is 4.86. The molecule has 0 amide bonds. The van der Waals surface area contributed by atoms with Crippen molar-refractivity contribution in [3.05, 3.63) is 34.9 Å². The van der Waals surface area contributed by atoms with Crippen LogP contribution in [0.5, 0.6) is 0 Å². The molecule has 0 aliphatic carbocycles. The molecule has 1 aromatic rings. The monoisotopic (exact) mass is 277 g/mol. The van der Waals surface area contributed by atoms with E-state index in [0.717, 1.165) is 25.5 Å². The normalized spacial score (nSPS) is 11.5. The van der Waals surface area contributed by atoms with Gasteiger partial charge in [0.25, 0.3) is 0 Å². The van der Waals surface area contributed by atoms with Crippen LogP contribution in [0.3, 0.4) is 0 Å². The van der Waals surface area contributed by atoms with E-state index in [1.165, 1.54) is 16.7 Å². The number of guanidine groups is 1. The summed E-state index contributed by atoms with van der Waals surface area (Å²) in [6.07, 6.45) is 1.00. The number of aliphatic imine (C=N–C) groups is 1. The van der Waals surface area contributed by atoms with Gasteiger partial charge in [0.15, 0.2) is 5.96 Å². The zero-order valence-electron chi connectivity index (χ0n) is 13.1. The fourth-order valence-corrected chi connectivity index (χ4v) is 2.03. The average molecular weight is 277 g/mol. The molecule has 0 saturated heterocycles. The minimum Gasteiger partial charge on any atom is -0.383 e. The lowest BCUT2D eigenvalue weighted by atomic mass is 10.0. The summed E-state index contributed by atoms with van der Waals surface area (Å²) in [4.78, 5) is 4.44. The minimum absolute atomic E-state index is 0.646. The first-order valence-corrected chi connectivity index (χ1v) is 7.24. The molecular formula is C16H27N3O. The summed E-state index contributed by atoms with van der Waals surface area (Å²) in [7, 11) is 1.69. The van der Waals surface area contributed by atoms with E-state index >= 15 is 0 Å². The van der Waals surface area contributed by atoms with E-state index in [4.69, 9.17) is 4.74 Å². The lowest BCUT2D eigenvalue weighted by Gasteiger charge is -2.12. The largest absolute Gasteiger partial charge is 0.383 e. The van der Waals surface area contributed by atoms with Gasteiger partial charge in [-0.05, 0) is 38.3 Å². The Morgan fingerprint density at radius 1 is 1.25 bits per heavy atom. The molecule has 4 nitrogen and oxygen atoms in total. The standard InChI is InChI=1S/C16H27N3O/c1-5-17-16(19-10-11-20-4)18-9-8-15-7-6-13(2)12-14(15)3/h6-7,12H,5,8-11H2,1-4H3,(H2,17,18,19). The van der Waals surface area contributed by atoms with Crippen molar-refractivity contribution in [2.24, 2.45) is 4.99 Å².